The maximum atomic E-state index is 11.6. The van der Waals surface area contributed by atoms with Crippen molar-refractivity contribution in [1.82, 2.24) is 0 Å². The molecule has 0 spiro atoms. The van der Waals surface area contributed by atoms with Gasteiger partial charge < -0.3 is 15.3 Å². The lowest BCUT2D eigenvalue weighted by Gasteiger charge is -2.62. The molecule has 176 valence electrons. The summed E-state index contributed by atoms with van der Waals surface area (Å²) in [6, 6.07) is 0. The van der Waals surface area contributed by atoms with Gasteiger partial charge in [-0.1, -0.05) is 65.3 Å². The zero-order valence-electron chi connectivity index (χ0n) is 20.6. The normalized spacial score (nSPS) is 49.4. The highest BCUT2D eigenvalue weighted by atomic mass is 16.3. The molecule has 3 heteroatoms. The summed E-state index contributed by atoms with van der Waals surface area (Å²) in [4.78, 5) is 0. The minimum Gasteiger partial charge on any atom is -0.393 e. The smallest absolute Gasteiger partial charge is 0.102 e. The molecule has 0 aromatic rings. The van der Waals surface area contributed by atoms with Crippen LogP contribution in [0.2, 0.25) is 0 Å². The van der Waals surface area contributed by atoms with Crippen molar-refractivity contribution in [1.29, 1.82) is 0 Å². The van der Waals surface area contributed by atoms with E-state index in [0.29, 0.717) is 41.9 Å². The van der Waals surface area contributed by atoms with Crippen LogP contribution in [-0.4, -0.2) is 33.1 Å². The van der Waals surface area contributed by atoms with Gasteiger partial charge >= 0.3 is 0 Å². The van der Waals surface area contributed by atoms with Gasteiger partial charge in [0.25, 0.3) is 0 Å². The van der Waals surface area contributed by atoms with Crippen LogP contribution in [0.4, 0.5) is 0 Å². The number of aliphatic hydroxyl groups excluding tert-OH is 2. The van der Waals surface area contributed by atoms with Crippen molar-refractivity contribution in [3.05, 3.63) is 23.8 Å². The molecule has 0 aliphatic heterocycles. The Bertz CT molecular complexity index is 741. The maximum absolute atomic E-state index is 11.6. The number of allylic oxidation sites excluding steroid dienone is 3. The second-order valence-electron chi connectivity index (χ2n) is 12.5. The molecule has 0 saturated heterocycles. The highest BCUT2D eigenvalue weighted by Crippen LogP contribution is 2.67. The molecular formula is C28H46O3. The van der Waals surface area contributed by atoms with Crippen molar-refractivity contribution < 1.29 is 15.3 Å². The minimum absolute atomic E-state index is 0.271. The Hall–Kier alpha value is -0.640. The van der Waals surface area contributed by atoms with Gasteiger partial charge in [-0.15, -0.1) is 0 Å². The predicted octanol–water partition coefficient (Wildman–Crippen LogP) is 5.50. The number of hydrogen-bond acceptors (Lipinski definition) is 3. The zero-order valence-corrected chi connectivity index (χ0v) is 20.6. The minimum atomic E-state index is -1.20. The average Bonchev–Trinajstić information content (AvgIpc) is 3.05. The van der Waals surface area contributed by atoms with Crippen LogP contribution in [0, 0.1) is 46.3 Å². The van der Waals surface area contributed by atoms with E-state index in [1.807, 2.05) is 6.08 Å². The zero-order chi connectivity index (χ0) is 22.8. The fourth-order valence-corrected chi connectivity index (χ4v) is 8.16. The lowest BCUT2D eigenvalue weighted by atomic mass is 9.45. The van der Waals surface area contributed by atoms with Gasteiger partial charge in [0, 0.05) is 11.8 Å². The molecule has 0 aromatic carbocycles. The third-order valence-electron chi connectivity index (χ3n) is 10.7. The van der Waals surface area contributed by atoms with Gasteiger partial charge in [0.1, 0.15) is 11.7 Å². The highest BCUT2D eigenvalue weighted by molar-refractivity contribution is 5.33. The molecule has 10 atom stereocenters. The van der Waals surface area contributed by atoms with Gasteiger partial charge in [-0.2, -0.15) is 0 Å². The second-order valence-corrected chi connectivity index (χ2v) is 12.5. The Morgan fingerprint density at radius 3 is 2.32 bits per heavy atom. The Labute approximate surface area is 190 Å². The van der Waals surface area contributed by atoms with Gasteiger partial charge in [-0.05, 0) is 79.4 Å². The molecule has 4 aliphatic rings. The van der Waals surface area contributed by atoms with E-state index in [2.05, 4.69) is 53.7 Å². The Balaban J connectivity index is 1.61. The molecule has 3 nitrogen and oxygen atoms in total. The SMILES string of the molecule is CC(C)[C@@H](C)/C=C/[C@@H](C)[C@H]1CCC2C3=C[C@@H](O)[C@@]4(O)CC(O)CC[C@]4(C)C3CC[C@@]21C. The number of fused-ring (bicyclic) bond motifs is 5. The van der Waals surface area contributed by atoms with Crippen molar-refractivity contribution in [2.45, 2.75) is 104 Å². The van der Waals surface area contributed by atoms with E-state index < -0.39 is 17.8 Å². The fourth-order valence-electron chi connectivity index (χ4n) is 8.16. The Morgan fingerprint density at radius 2 is 1.65 bits per heavy atom. The largest absolute Gasteiger partial charge is 0.393 e. The first-order valence-corrected chi connectivity index (χ1v) is 12.9. The number of rotatable bonds is 4. The molecular weight excluding hydrogens is 384 g/mol. The summed E-state index contributed by atoms with van der Waals surface area (Å²) in [6.07, 6.45) is 12.1. The molecule has 0 amide bonds. The van der Waals surface area contributed by atoms with Gasteiger partial charge in [0.05, 0.1) is 6.10 Å². The van der Waals surface area contributed by atoms with Crippen LogP contribution < -0.4 is 0 Å². The first-order valence-electron chi connectivity index (χ1n) is 12.9. The van der Waals surface area contributed by atoms with Crippen LogP contribution >= 0.6 is 0 Å². The Kier molecular flexibility index (Phi) is 6.06. The predicted molar refractivity (Wildman–Crippen MR) is 126 cm³/mol. The van der Waals surface area contributed by atoms with E-state index in [1.54, 1.807) is 0 Å². The standard InChI is InChI=1S/C28H46O3/c1-17(2)18(3)7-8-19(4)22-9-10-23-21-15-25(30)28(31)16-20(29)11-14-27(28,6)24(21)12-13-26(22,23)5/h7-8,15,17-20,22-25,29-31H,9-14,16H2,1-6H3/b8-7+/t18-,19+,20?,22+,23?,24?,25+,26+,27+,28-/m0/s1. The summed E-state index contributed by atoms with van der Waals surface area (Å²) in [5, 5.41) is 32.9. The molecule has 0 aromatic heterocycles. The first kappa shape index (κ1) is 23.5. The molecule has 3 N–H and O–H groups in total. The topological polar surface area (TPSA) is 60.7 Å². The summed E-state index contributed by atoms with van der Waals surface area (Å²) >= 11 is 0. The molecule has 31 heavy (non-hydrogen) atoms. The van der Waals surface area contributed by atoms with Crippen LogP contribution in [0.15, 0.2) is 23.8 Å². The quantitative estimate of drug-likeness (QED) is 0.516. The Morgan fingerprint density at radius 1 is 0.935 bits per heavy atom. The third-order valence-corrected chi connectivity index (χ3v) is 10.7. The van der Waals surface area contributed by atoms with Crippen molar-refractivity contribution in [2.75, 3.05) is 0 Å². The van der Waals surface area contributed by atoms with Crippen molar-refractivity contribution in [2.24, 2.45) is 46.3 Å². The molecule has 4 aliphatic carbocycles. The van der Waals surface area contributed by atoms with Crippen LogP contribution in [0.25, 0.3) is 0 Å². The van der Waals surface area contributed by atoms with E-state index in [9.17, 15) is 15.3 Å². The van der Waals surface area contributed by atoms with Crippen LogP contribution in [0.1, 0.15) is 86.5 Å². The molecule has 0 radical (unpaired) electrons. The van der Waals surface area contributed by atoms with Gasteiger partial charge in [0.15, 0.2) is 0 Å². The highest BCUT2D eigenvalue weighted by Gasteiger charge is 2.64. The van der Waals surface area contributed by atoms with Gasteiger partial charge in [-0.3, -0.25) is 0 Å². The van der Waals surface area contributed by atoms with Crippen LogP contribution in [-0.2, 0) is 0 Å². The summed E-state index contributed by atoms with van der Waals surface area (Å²) in [5.41, 5.74) is 0.160. The van der Waals surface area contributed by atoms with E-state index in [1.165, 1.54) is 24.8 Å². The summed E-state index contributed by atoms with van der Waals surface area (Å²) in [5.74, 6) is 3.37. The molecule has 3 unspecified atom stereocenters. The van der Waals surface area contributed by atoms with Crippen molar-refractivity contribution in [3.8, 4) is 0 Å². The summed E-state index contributed by atoms with van der Waals surface area (Å²) < 4.78 is 0. The van der Waals surface area contributed by atoms with Gasteiger partial charge in [-0.25, -0.2) is 0 Å². The number of hydrogen-bond donors (Lipinski definition) is 3. The molecule has 4 rings (SSSR count). The summed E-state index contributed by atoms with van der Waals surface area (Å²) in [7, 11) is 0. The van der Waals surface area contributed by atoms with Gasteiger partial charge in [0.2, 0.25) is 0 Å². The maximum Gasteiger partial charge on any atom is 0.102 e. The summed E-state index contributed by atoms with van der Waals surface area (Å²) in [6.45, 7) is 14.0. The van der Waals surface area contributed by atoms with Crippen molar-refractivity contribution >= 4 is 0 Å². The fraction of sp³-hybridized carbons (Fsp3) is 0.857. The van der Waals surface area contributed by atoms with Crippen molar-refractivity contribution in [3.63, 3.8) is 0 Å². The second kappa shape index (κ2) is 7.99. The van der Waals surface area contributed by atoms with E-state index in [4.69, 9.17) is 0 Å². The third kappa shape index (κ3) is 3.49. The average molecular weight is 431 g/mol. The van der Waals surface area contributed by atoms with Crippen LogP contribution in [0.3, 0.4) is 0 Å². The lowest BCUT2D eigenvalue weighted by molar-refractivity contribution is -0.210. The number of aliphatic hydroxyl groups is 3. The molecule has 3 saturated carbocycles. The first-order chi connectivity index (χ1) is 14.4. The molecule has 0 heterocycles. The monoisotopic (exact) mass is 430 g/mol. The van der Waals surface area contributed by atoms with E-state index in [0.717, 1.165) is 19.3 Å². The molecule has 3 fully saturated rings. The molecule has 0 bridgehead atoms. The van der Waals surface area contributed by atoms with E-state index in [-0.39, 0.29) is 10.8 Å². The van der Waals surface area contributed by atoms with Crippen LogP contribution in [0.5, 0.6) is 0 Å². The lowest BCUT2D eigenvalue weighted by Crippen LogP contribution is -2.65. The van der Waals surface area contributed by atoms with E-state index >= 15 is 0 Å².